The largest absolute Gasteiger partial charge is 0.348 e. The Morgan fingerprint density at radius 2 is 2.40 bits per heavy atom. The second kappa shape index (κ2) is 4.98. The van der Waals surface area contributed by atoms with Crippen LogP contribution in [0, 0.1) is 0 Å². The normalized spacial score (nSPS) is 22.9. The van der Waals surface area contributed by atoms with Crippen molar-refractivity contribution in [2.45, 2.75) is 24.8 Å². The second-order valence-corrected chi connectivity index (χ2v) is 7.21. The van der Waals surface area contributed by atoms with Crippen LogP contribution in [0.4, 0.5) is 0 Å². The lowest BCUT2D eigenvalue weighted by Gasteiger charge is -2.03. The molecule has 0 bridgehead atoms. The average molecular weight is 297 g/mol. The lowest BCUT2D eigenvalue weighted by atomic mass is 10.1. The summed E-state index contributed by atoms with van der Waals surface area (Å²) in [5.74, 6) is 0.834. The van der Waals surface area contributed by atoms with Gasteiger partial charge < -0.3 is 15.2 Å². The molecule has 0 spiro atoms. The second-order valence-electron chi connectivity index (χ2n) is 4.98. The van der Waals surface area contributed by atoms with Gasteiger partial charge in [0.2, 0.25) is 5.89 Å². The number of nitrogens with zero attached hydrogens (tertiary/aromatic N) is 3. The molecular weight excluding hydrogens is 282 g/mol. The summed E-state index contributed by atoms with van der Waals surface area (Å²) in [6, 6.07) is -0.435. The minimum absolute atomic E-state index is 0.0851. The Kier molecular flexibility index (Phi) is 3.30. The molecule has 8 nitrogen and oxygen atoms in total. The number of imidazole rings is 1. The van der Waals surface area contributed by atoms with E-state index in [0.29, 0.717) is 24.6 Å². The summed E-state index contributed by atoms with van der Waals surface area (Å²) < 4.78 is 28.0. The highest BCUT2D eigenvalue weighted by Gasteiger charge is 2.32. The molecule has 2 aromatic heterocycles. The van der Waals surface area contributed by atoms with Gasteiger partial charge in [0.05, 0.1) is 23.9 Å². The van der Waals surface area contributed by atoms with E-state index in [9.17, 15) is 8.42 Å². The van der Waals surface area contributed by atoms with Crippen molar-refractivity contribution < 1.29 is 12.9 Å². The highest BCUT2D eigenvalue weighted by molar-refractivity contribution is 7.91. The summed E-state index contributed by atoms with van der Waals surface area (Å²) in [4.78, 5) is 11.1. The van der Waals surface area contributed by atoms with Crippen molar-refractivity contribution in [1.29, 1.82) is 0 Å². The van der Waals surface area contributed by atoms with Crippen LogP contribution in [0.2, 0.25) is 0 Å². The standard InChI is InChI=1S/C11H15N5O3S/c12-9(3-8-4-13-6-14-8)11-15-10(16-19-11)7-1-2-20(17,18)5-7/h4,6-7,9H,1-3,5,12H2,(H,13,14). The molecule has 3 heterocycles. The molecule has 108 valence electrons. The Balaban J connectivity index is 1.70. The molecule has 1 aliphatic rings. The van der Waals surface area contributed by atoms with Crippen molar-refractivity contribution in [3.8, 4) is 0 Å². The molecule has 0 aliphatic carbocycles. The summed E-state index contributed by atoms with van der Waals surface area (Å²) in [5, 5.41) is 3.86. The van der Waals surface area contributed by atoms with E-state index >= 15 is 0 Å². The number of rotatable bonds is 4. The Morgan fingerprint density at radius 3 is 3.05 bits per heavy atom. The van der Waals surface area contributed by atoms with Crippen LogP contribution in [0.15, 0.2) is 17.0 Å². The first-order valence-corrected chi connectivity index (χ1v) is 8.12. The molecular formula is C11H15N5O3S. The number of aromatic amines is 1. The Morgan fingerprint density at radius 1 is 1.55 bits per heavy atom. The third kappa shape index (κ3) is 2.73. The summed E-state index contributed by atoms with van der Waals surface area (Å²) in [7, 11) is -2.96. The lowest BCUT2D eigenvalue weighted by Crippen LogP contribution is -2.14. The molecule has 0 aromatic carbocycles. The van der Waals surface area contributed by atoms with Crippen molar-refractivity contribution in [2.24, 2.45) is 5.73 Å². The van der Waals surface area contributed by atoms with Gasteiger partial charge in [-0.15, -0.1) is 0 Å². The Labute approximate surface area is 115 Å². The van der Waals surface area contributed by atoms with E-state index in [1.807, 2.05) is 0 Å². The summed E-state index contributed by atoms with van der Waals surface area (Å²) >= 11 is 0. The molecule has 9 heteroatoms. The predicted octanol–water partition coefficient (Wildman–Crippen LogP) is -0.0627. The third-order valence-electron chi connectivity index (χ3n) is 3.37. The zero-order chi connectivity index (χ0) is 14.2. The van der Waals surface area contributed by atoms with Crippen molar-refractivity contribution in [3.63, 3.8) is 0 Å². The molecule has 20 heavy (non-hydrogen) atoms. The van der Waals surface area contributed by atoms with Gasteiger partial charge in [-0.25, -0.2) is 13.4 Å². The van der Waals surface area contributed by atoms with Crippen LogP contribution in [0.3, 0.4) is 0 Å². The Hall–Kier alpha value is -1.74. The average Bonchev–Trinajstić information content (AvgIpc) is 3.08. The van der Waals surface area contributed by atoms with Gasteiger partial charge in [-0.3, -0.25) is 0 Å². The van der Waals surface area contributed by atoms with Gasteiger partial charge in [-0.05, 0) is 6.42 Å². The zero-order valence-electron chi connectivity index (χ0n) is 10.7. The first kappa shape index (κ1) is 13.3. The first-order chi connectivity index (χ1) is 9.53. The molecule has 0 amide bonds. The van der Waals surface area contributed by atoms with Gasteiger partial charge in [0.25, 0.3) is 0 Å². The summed E-state index contributed by atoms with van der Waals surface area (Å²) in [6.45, 7) is 0. The maximum atomic E-state index is 11.4. The maximum Gasteiger partial charge on any atom is 0.243 e. The molecule has 2 unspecified atom stereocenters. The maximum absolute atomic E-state index is 11.4. The van der Waals surface area contributed by atoms with Crippen LogP contribution >= 0.6 is 0 Å². The first-order valence-electron chi connectivity index (χ1n) is 6.30. The monoisotopic (exact) mass is 297 g/mol. The van der Waals surface area contributed by atoms with E-state index in [0.717, 1.165) is 5.69 Å². The molecule has 3 N–H and O–H groups in total. The van der Waals surface area contributed by atoms with Gasteiger partial charge in [0.1, 0.15) is 0 Å². The number of aromatic nitrogens is 4. The summed E-state index contributed by atoms with van der Waals surface area (Å²) in [6.07, 6.45) is 4.30. The van der Waals surface area contributed by atoms with Crippen molar-refractivity contribution in [2.75, 3.05) is 11.5 Å². The quantitative estimate of drug-likeness (QED) is 0.808. The number of nitrogens with one attached hydrogen (secondary N) is 1. The van der Waals surface area contributed by atoms with Crippen LogP contribution in [-0.2, 0) is 16.3 Å². The Bertz CT molecular complexity index is 679. The number of sulfone groups is 1. The highest BCUT2D eigenvalue weighted by atomic mass is 32.2. The molecule has 1 saturated heterocycles. The SMILES string of the molecule is NC(Cc1cnc[nH]1)c1nc(C2CCS(=O)(=O)C2)no1. The number of hydrogen-bond acceptors (Lipinski definition) is 7. The van der Waals surface area contributed by atoms with Gasteiger partial charge in [-0.2, -0.15) is 4.98 Å². The topological polar surface area (TPSA) is 128 Å². The van der Waals surface area contributed by atoms with Crippen LogP contribution in [0.1, 0.15) is 35.8 Å². The van der Waals surface area contributed by atoms with Crippen LogP contribution in [-0.4, -0.2) is 40.0 Å². The van der Waals surface area contributed by atoms with Gasteiger partial charge in [0, 0.05) is 24.2 Å². The van der Waals surface area contributed by atoms with Gasteiger partial charge in [0.15, 0.2) is 15.7 Å². The number of H-pyrrole nitrogens is 1. The van der Waals surface area contributed by atoms with Crippen molar-refractivity contribution in [1.82, 2.24) is 20.1 Å². The minimum atomic E-state index is -2.96. The summed E-state index contributed by atoms with van der Waals surface area (Å²) in [5.41, 5.74) is 6.86. The van der Waals surface area contributed by atoms with Crippen LogP contribution in [0.25, 0.3) is 0 Å². The van der Waals surface area contributed by atoms with Gasteiger partial charge in [-0.1, -0.05) is 5.16 Å². The molecule has 2 aromatic rings. The zero-order valence-corrected chi connectivity index (χ0v) is 11.5. The molecule has 3 rings (SSSR count). The smallest absolute Gasteiger partial charge is 0.243 e. The van der Waals surface area contributed by atoms with Crippen molar-refractivity contribution >= 4 is 9.84 Å². The van der Waals surface area contributed by atoms with E-state index in [1.54, 1.807) is 12.5 Å². The van der Waals surface area contributed by atoms with Gasteiger partial charge >= 0.3 is 0 Å². The molecule has 0 radical (unpaired) electrons. The number of nitrogens with two attached hydrogens (primary N) is 1. The minimum Gasteiger partial charge on any atom is -0.348 e. The molecule has 2 atom stereocenters. The van der Waals surface area contributed by atoms with Crippen molar-refractivity contribution in [3.05, 3.63) is 29.9 Å². The fraction of sp³-hybridized carbons (Fsp3) is 0.545. The fourth-order valence-electron chi connectivity index (χ4n) is 2.28. The van der Waals surface area contributed by atoms with Crippen LogP contribution in [0.5, 0.6) is 0 Å². The van der Waals surface area contributed by atoms with E-state index < -0.39 is 15.9 Å². The van der Waals surface area contributed by atoms with E-state index in [-0.39, 0.29) is 17.4 Å². The molecule has 0 saturated carbocycles. The van der Waals surface area contributed by atoms with E-state index in [1.165, 1.54) is 0 Å². The molecule has 1 fully saturated rings. The number of hydrogen-bond donors (Lipinski definition) is 2. The fourth-order valence-corrected chi connectivity index (χ4v) is 4.02. The van der Waals surface area contributed by atoms with Crippen LogP contribution < -0.4 is 5.73 Å². The predicted molar refractivity (Wildman–Crippen MR) is 69.5 cm³/mol. The third-order valence-corrected chi connectivity index (χ3v) is 5.13. The molecule has 1 aliphatic heterocycles. The highest BCUT2D eigenvalue weighted by Crippen LogP contribution is 2.27. The van der Waals surface area contributed by atoms with E-state index in [2.05, 4.69) is 20.1 Å². The lowest BCUT2D eigenvalue weighted by molar-refractivity contribution is 0.348. The van der Waals surface area contributed by atoms with E-state index in [4.69, 9.17) is 10.3 Å².